The number of carbonyl (C=O) groups is 3. The quantitative estimate of drug-likeness (QED) is 0.535. The second kappa shape index (κ2) is 7.82. The first-order chi connectivity index (χ1) is 14.8. The van der Waals surface area contributed by atoms with Crippen LogP contribution in [0.1, 0.15) is 22.8 Å². The molecule has 9 heteroatoms. The molecule has 2 aromatic rings. The fraction of sp³-hybridized carbons (Fsp3) is 0.318. The largest absolute Gasteiger partial charge is 0.497 e. The van der Waals surface area contributed by atoms with E-state index >= 15 is 0 Å². The zero-order valence-electron chi connectivity index (χ0n) is 17.4. The van der Waals surface area contributed by atoms with E-state index in [4.69, 9.17) is 18.9 Å². The van der Waals surface area contributed by atoms with Crippen molar-refractivity contribution in [3.8, 4) is 23.0 Å². The Hall–Kier alpha value is -3.75. The number of amides is 3. The Morgan fingerprint density at radius 2 is 1.87 bits per heavy atom. The highest BCUT2D eigenvalue weighted by Crippen LogP contribution is 2.34. The molecule has 0 radical (unpaired) electrons. The van der Waals surface area contributed by atoms with Gasteiger partial charge in [0.25, 0.3) is 5.91 Å². The van der Waals surface area contributed by atoms with Gasteiger partial charge in [-0.2, -0.15) is 0 Å². The number of nitrogens with one attached hydrogen (secondary N) is 1. The van der Waals surface area contributed by atoms with E-state index < -0.39 is 29.8 Å². The zero-order chi connectivity index (χ0) is 22.2. The molecule has 2 aliphatic rings. The van der Waals surface area contributed by atoms with Crippen LogP contribution in [-0.2, 0) is 11.2 Å². The number of benzene rings is 2. The lowest BCUT2D eigenvalue weighted by Crippen LogP contribution is -2.46. The van der Waals surface area contributed by atoms with E-state index in [0.29, 0.717) is 23.0 Å². The number of fused-ring (bicyclic) bond motifs is 1. The molecule has 162 valence electrons. The van der Waals surface area contributed by atoms with Crippen LogP contribution in [0.5, 0.6) is 23.0 Å². The molecule has 0 unspecified atom stereocenters. The van der Waals surface area contributed by atoms with Crippen molar-refractivity contribution < 1.29 is 33.3 Å². The Morgan fingerprint density at radius 1 is 1.10 bits per heavy atom. The molecule has 0 spiro atoms. The number of imide groups is 1. The average molecular weight is 426 g/mol. The van der Waals surface area contributed by atoms with Crippen LogP contribution < -0.4 is 24.3 Å². The molecule has 2 aromatic carbocycles. The molecular weight excluding hydrogens is 404 g/mol. The van der Waals surface area contributed by atoms with Crippen LogP contribution in [-0.4, -0.2) is 55.7 Å². The highest BCUT2D eigenvalue weighted by atomic mass is 16.7. The summed E-state index contributed by atoms with van der Waals surface area (Å²) in [6, 6.07) is 9.51. The Kier molecular flexibility index (Phi) is 5.18. The molecule has 0 aliphatic carbocycles. The van der Waals surface area contributed by atoms with Gasteiger partial charge in [-0.1, -0.05) is 6.07 Å². The third-order valence-electron chi connectivity index (χ3n) is 5.35. The maximum absolute atomic E-state index is 13.1. The van der Waals surface area contributed by atoms with Crippen molar-refractivity contribution in [2.24, 2.45) is 0 Å². The van der Waals surface area contributed by atoms with Crippen molar-refractivity contribution in [2.75, 3.05) is 27.6 Å². The topological polar surface area (TPSA) is 103 Å². The monoisotopic (exact) mass is 426 g/mol. The van der Waals surface area contributed by atoms with Gasteiger partial charge in [-0.25, -0.2) is 4.79 Å². The van der Waals surface area contributed by atoms with E-state index in [1.54, 1.807) is 31.2 Å². The number of ether oxygens (including phenoxy) is 4. The number of methoxy groups -OCH3 is 2. The lowest BCUT2D eigenvalue weighted by atomic mass is 9.92. The molecule has 3 amide bonds. The minimum atomic E-state index is -1.19. The maximum Gasteiger partial charge on any atom is 0.325 e. The van der Waals surface area contributed by atoms with Gasteiger partial charge in [0.15, 0.2) is 17.3 Å². The first-order valence-corrected chi connectivity index (χ1v) is 9.62. The third-order valence-corrected chi connectivity index (χ3v) is 5.35. The van der Waals surface area contributed by atoms with Gasteiger partial charge in [-0.3, -0.25) is 14.5 Å². The molecule has 1 atom stereocenters. The predicted octanol–water partition coefficient (Wildman–Crippen LogP) is 2.17. The second-order valence-electron chi connectivity index (χ2n) is 7.51. The van der Waals surface area contributed by atoms with E-state index in [1.165, 1.54) is 20.3 Å². The normalized spacial score (nSPS) is 19.4. The summed E-state index contributed by atoms with van der Waals surface area (Å²) < 4.78 is 21.1. The number of rotatable bonds is 7. The Morgan fingerprint density at radius 3 is 2.61 bits per heavy atom. The molecular formula is C22H22N2O7. The van der Waals surface area contributed by atoms with Crippen molar-refractivity contribution >= 4 is 17.7 Å². The average Bonchev–Trinajstić information content (AvgIpc) is 3.31. The summed E-state index contributed by atoms with van der Waals surface area (Å²) in [6.07, 6.45) is 0.237. The van der Waals surface area contributed by atoms with E-state index in [2.05, 4.69) is 5.32 Å². The van der Waals surface area contributed by atoms with Crippen LogP contribution in [0.15, 0.2) is 36.4 Å². The van der Waals surface area contributed by atoms with Crippen LogP contribution in [0, 0.1) is 0 Å². The molecule has 0 bridgehead atoms. The van der Waals surface area contributed by atoms with Gasteiger partial charge in [0.2, 0.25) is 6.79 Å². The fourth-order valence-corrected chi connectivity index (χ4v) is 3.73. The summed E-state index contributed by atoms with van der Waals surface area (Å²) in [5.41, 5.74) is -0.168. The van der Waals surface area contributed by atoms with Crippen molar-refractivity contribution in [1.82, 2.24) is 10.2 Å². The summed E-state index contributed by atoms with van der Waals surface area (Å²) in [5, 5.41) is 2.71. The number of hydrogen-bond donors (Lipinski definition) is 1. The molecule has 9 nitrogen and oxygen atoms in total. The third kappa shape index (κ3) is 3.74. The maximum atomic E-state index is 13.1. The van der Waals surface area contributed by atoms with Crippen LogP contribution in [0.2, 0.25) is 0 Å². The minimum absolute atomic E-state index is 0.148. The van der Waals surface area contributed by atoms with Gasteiger partial charge >= 0.3 is 6.03 Å². The van der Waals surface area contributed by atoms with Crippen LogP contribution >= 0.6 is 0 Å². The number of urea groups is 1. The van der Waals surface area contributed by atoms with Gasteiger partial charge in [0.1, 0.15) is 17.0 Å². The molecule has 2 heterocycles. The van der Waals surface area contributed by atoms with E-state index in [9.17, 15) is 14.4 Å². The number of ketones is 1. The number of Topliss-reactive ketones (excluding diaryl/α,β-unsaturated/α-hetero) is 1. The van der Waals surface area contributed by atoms with Gasteiger partial charge in [0, 0.05) is 6.42 Å². The fourth-order valence-electron chi connectivity index (χ4n) is 3.73. The highest BCUT2D eigenvalue weighted by Gasteiger charge is 2.48. The van der Waals surface area contributed by atoms with Crippen molar-refractivity contribution in [2.45, 2.75) is 18.9 Å². The number of hydrogen-bond acceptors (Lipinski definition) is 7. The molecule has 1 saturated heterocycles. The number of nitrogens with zero attached hydrogens (tertiary/aromatic N) is 1. The van der Waals surface area contributed by atoms with E-state index in [0.717, 1.165) is 10.5 Å². The summed E-state index contributed by atoms with van der Waals surface area (Å²) in [5.74, 6) is 1.11. The lowest BCUT2D eigenvalue weighted by Gasteiger charge is -2.22. The second-order valence-corrected chi connectivity index (χ2v) is 7.51. The van der Waals surface area contributed by atoms with Gasteiger partial charge in [-0.05, 0) is 42.8 Å². The SMILES string of the molecule is COc1ccc(OC)c(C(=O)CN2C(=O)N[C@](C)(Cc3ccc4c(c3)OCO4)C2=O)c1. The first kappa shape index (κ1) is 20.5. The van der Waals surface area contributed by atoms with Gasteiger partial charge in [-0.15, -0.1) is 0 Å². The van der Waals surface area contributed by atoms with Crippen LogP contribution in [0.3, 0.4) is 0 Å². The highest BCUT2D eigenvalue weighted by molar-refractivity contribution is 6.11. The molecule has 1 fully saturated rings. The minimum Gasteiger partial charge on any atom is -0.497 e. The Balaban J connectivity index is 1.52. The predicted molar refractivity (Wildman–Crippen MR) is 109 cm³/mol. The van der Waals surface area contributed by atoms with Gasteiger partial charge < -0.3 is 24.3 Å². The zero-order valence-corrected chi connectivity index (χ0v) is 17.4. The Labute approximate surface area is 178 Å². The summed E-state index contributed by atoms with van der Waals surface area (Å²) in [7, 11) is 2.92. The molecule has 31 heavy (non-hydrogen) atoms. The van der Waals surface area contributed by atoms with Gasteiger partial charge in [0.05, 0.1) is 26.3 Å². The van der Waals surface area contributed by atoms with Crippen molar-refractivity contribution in [3.63, 3.8) is 0 Å². The van der Waals surface area contributed by atoms with E-state index in [-0.39, 0.29) is 18.8 Å². The molecule has 0 saturated carbocycles. The molecule has 4 rings (SSSR count). The van der Waals surface area contributed by atoms with Crippen LogP contribution in [0.4, 0.5) is 4.79 Å². The van der Waals surface area contributed by atoms with E-state index in [1.807, 2.05) is 6.07 Å². The van der Waals surface area contributed by atoms with Crippen LogP contribution in [0.25, 0.3) is 0 Å². The van der Waals surface area contributed by atoms with Crippen molar-refractivity contribution in [3.05, 3.63) is 47.5 Å². The lowest BCUT2D eigenvalue weighted by molar-refractivity contribution is -0.130. The number of carbonyl (C=O) groups excluding carboxylic acids is 3. The van der Waals surface area contributed by atoms with Crippen molar-refractivity contribution in [1.29, 1.82) is 0 Å². The first-order valence-electron chi connectivity index (χ1n) is 9.62. The molecule has 2 aliphatic heterocycles. The summed E-state index contributed by atoms with van der Waals surface area (Å²) >= 11 is 0. The standard InChI is InChI=1S/C22H22N2O7/c1-22(10-13-4-6-18-19(8-13)31-12-30-18)20(26)24(21(27)23-22)11-16(25)15-9-14(28-2)5-7-17(15)29-3/h4-9H,10-12H2,1-3H3,(H,23,27)/t22-/m1/s1. The Bertz CT molecular complexity index is 1070. The smallest absolute Gasteiger partial charge is 0.325 e. The summed E-state index contributed by atoms with van der Waals surface area (Å²) in [6.45, 7) is 1.37. The molecule has 0 aromatic heterocycles. The summed E-state index contributed by atoms with van der Waals surface area (Å²) in [4.78, 5) is 39.5. The molecule has 1 N–H and O–H groups in total.